The van der Waals surface area contributed by atoms with Gasteiger partial charge in [0.1, 0.15) is 23.7 Å². The molecule has 74 heavy (non-hydrogen) atoms. The van der Waals surface area contributed by atoms with Crippen LogP contribution >= 0.6 is 0 Å². The first-order valence-electron chi connectivity index (χ1n) is 24.1. The molecule has 0 spiro atoms. The zero-order valence-corrected chi connectivity index (χ0v) is 41.8. The fourth-order valence-electron chi connectivity index (χ4n) is 9.66. The van der Waals surface area contributed by atoms with Crippen molar-refractivity contribution in [2.75, 3.05) is 35.4 Å². The Kier molecular flexibility index (Phi) is 15.2. The normalized spacial score (nSPS) is 18.0. The predicted molar refractivity (Wildman–Crippen MR) is 270 cm³/mol. The summed E-state index contributed by atoms with van der Waals surface area (Å²) in [5, 5.41) is 14.6. The molecule has 6 heterocycles. The third-order valence-corrected chi connectivity index (χ3v) is 13.9. The minimum Gasteiger partial charge on any atom is -0.384 e. The molecule has 2 saturated heterocycles. The lowest BCUT2D eigenvalue weighted by molar-refractivity contribution is -0.156. The number of anilines is 4. The van der Waals surface area contributed by atoms with Crippen molar-refractivity contribution in [3.8, 4) is 0 Å². The van der Waals surface area contributed by atoms with Crippen LogP contribution in [0.15, 0.2) is 97.6 Å². The van der Waals surface area contributed by atoms with Crippen LogP contribution in [0.3, 0.4) is 0 Å². The van der Waals surface area contributed by atoms with Crippen molar-refractivity contribution in [1.29, 1.82) is 0 Å². The van der Waals surface area contributed by atoms with Crippen LogP contribution in [0.4, 0.5) is 41.6 Å². The summed E-state index contributed by atoms with van der Waals surface area (Å²) in [4.78, 5) is 97.0. The van der Waals surface area contributed by atoms with Gasteiger partial charge in [0.25, 0.3) is 11.8 Å². The largest absolute Gasteiger partial charge is 0.384 e. The summed E-state index contributed by atoms with van der Waals surface area (Å²) in [6, 6.07) is 13.2. The van der Waals surface area contributed by atoms with Crippen molar-refractivity contribution < 1.29 is 37.5 Å². The Bertz CT molecular complexity index is 3130. The van der Waals surface area contributed by atoms with Crippen molar-refractivity contribution in [1.82, 2.24) is 50.0 Å². The quantitative estimate of drug-likeness (QED) is 0.0848. The van der Waals surface area contributed by atoms with Gasteiger partial charge < -0.3 is 22.1 Å². The fraction of sp³-hybridized carbons (Fsp3) is 0.346. The van der Waals surface area contributed by atoms with E-state index in [4.69, 9.17) is 11.5 Å². The standard InChI is InChI=1S/C52H58F2N14O6/c1-7-38(33-12-8-11-29(2)30(33)3)59-51(73)67-46(36(47(67)69)26-32-17-21-58-41(56)28-32)50(72)65(6)43-19-24-66(62-43)22-10-15-39(34-13-9-14-37(53)44(34)54)60-52(74)68-45(49(71)64(5)42-18-23-63(4)61-42)35(48(68)70)25-31-16-20-57-40(55)27-31/h8-9,11-14,16-21,23-24,27-28,35-36,38-39,45-46H,7,10,15,22,25-26H2,1-6H3,(H2,55,57)(H2,56,58)(H,59,73)(H,60,74)/t35-,36-,38-,39-,45+,46+/m1/s1. The average molecular weight is 1010 g/mol. The Hall–Kier alpha value is -8.56. The summed E-state index contributed by atoms with van der Waals surface area (Å²) in [5.74, 6) is -5.74. The number of imide groups is 2. The number of halogens is 2. The highest BCUT2D eigenvalue weighted by molar-refractivity contribution is 6.13. The maximum Gasteiger partial charge on any atom is 0.325 e. The lowest BCUT2D eigenvalue weighted by Crippen LogP contribution is -2.70. The molecule has 4 aromatic heterocycles. The van der Waals surface area contributed by atoms with Gasteiger partial charge in [0.2, 0.25) is 11.8 Å². The second-order valence-corrected chi connectivity index (χ2v) is 18.7. The molecule has 6 aromatic rings. The molecule has 6 atom stereocenters. The van der Waals surface area contributed by atoms with E-state index in [0.29, 0.717) is 17.5 Å². The Morgan fingerprint density at radius 1 is 0.716 bits per heavy atom. The first-order chi connectivity index (χ1) is 35.4. The van der Waals surface area contributed by atoms with Gasteiger partial charge >= 0.3 is 12.1 Å². The molecule has 2 aliphatic rings. The summed E-state index contributed by atoms with van der Waals surface area (Å²) in [6.07, 6.45) is 7.09. The number of urea groups is 2. The fourth-order valence-corrected chi connectivity index (χ4v) is 9.66. The van der Waals surface area contributed by atoms with Crippen LogP contribution in [-0.4, -0.2) is 101 Å². The van der Waals surface area contributed by atoms with Crippen molar-refractivity contribution in [3.05, 3.63) is 143 Å². The molecule has 0 aliphatic carbocycles. The number of aromatic nitrogens is 6. The molecule has 8 amide bonds. The summed E-state index contributed by atoms with van der Waals surface area (Å²) in [7, 11) is 4.63. The smallest absolute Gasteiger partial charge is 0.325 e. The van der Waals surface area contributed by atoms with E-state index in [-0.39, 0.29) is 61.1 Å². The minimum absolute atomic E-state index is 0.000561. The number of pyridine rings is 2. The first-order valence-corrected chi connectivity index (χ1v) is 24.1. The molecule has 8 rings (SSSR count). The Morgan fingerprint density at radius 2 is 1.24 bits per heavy atom. The number of nitrogens with two attached hydrogens (primary N) is 2. The van der Waals surface area contributed by atoms with Gasteiger partial charge in [-0.1, -0.05) is 37.3 Å². The molecule has 0 radical (unpaired) electrons. The molecule has 386 valence electrons. The van der Waals surface area contributed by atoms with Crippen LogP contribution in [0.1, 0.15) is 71.7 Å². The number of benzene rings is 2. The Labute approximate surface area is 425 Å². The van der Waals surface area contributed by atoms with Crippen molar-refractivity contribution in [3.63, 3.8) is 0 Å². The summed E-state index contributed by atoms with van der Waals surface area (Å²) in [6.45, 7) is 6.01. The van der Waals surface area contributed by atoms with Crippen LogP contribution in [-0.2, 0) is 45.6 Å². The number of rotatable bonds is 17. The first kappa shape index (κ1) is 51.8. The average Bonchev–Trinajstić information content (AvgIpc) is 4.04. The number of nitrogens with one attached hydrogen (secondary N) is 2. The molecule has 0 unspecified atom stereocenters. The van der Waals surface area contributed by atoms with Gasteiger partial charge in [-0.25, -0.2) is 28.3 Å². The second-order valence-electron chi connectivity index (χ2n) is 18.7. The van der Waals surface area contributed by atoms with Gasteiger partial charge in [-0.2, -0.15) is 10.2 Å². The van der Waals surface area contributed by atoms with Crippen molar-refractivity contribution in [2.45, 2.75) is 83.6 Å². The lowest BCUT2D eigenvalue weighted by atomic mass is 9.81. The van der Waals surface area contributed by atoms with Crippen molar-refractivity contribution in [2.24, 2.45) is 18.9 Å². The number of nitrogen functional groups attached to an aromatic ring is 2. The monoisotopic (exact) mass is 1010 g/mol. The van der Waals surface area contributed by atoms with Crippen LogP contribution in [0.2, 0.25) is 0 Å². The van der Waals surface area contributed by atoms with Crippen LogP contribution in [0.25, 0.3) is 0 Å². The van der Waals surface area contributed by atoms with E-state index >= 15 is 4.39 Å². The number of amides is 8. The maximum atomic E-state index is 15.6. The van der Waals surface area contributed by atoms with E-state index in [1.165, 1.54) is 57.8 Å². The van der Waals surface area contributed by atoms with Gasteiger partial charge in [-0.15, -0.1) is 0 Å². The number of nitrogens with zero attached hydrogens (tertiary/aromatic N) is 10. The van der Waals surface area contributed by atoms with E-state index < -0.39 is 83.3 Å². The molecular weight excluding hydrogens is 955 g/mol. The highest BCUT2D eigenvalue weighted by Gasteiger charge is 2.57. The molecule has 22 heteroatoms. The van der Waals surface area contributed by atoms with Gasteiger partial charge in [0.15, 0.2) is 23.3 Å². The van der Waals surface area contributed by atoms with Crippen LogP contribution < -0.4 is 31.9 Å². The Morgan fingerprint density at radius 3 is 1.78 bits per heavy atom. The molecule has 6 N–H and O–H groups in total. The van der Waals surface area contributed by atoms with E-state index in [1.807, 2.05) is 39.0 Å². The highest BCUT2D eigenvalue weighted by atomic mass is 19.2. The SMILES string of the molecule is CC[C@@H](NC(=O)N1C(=O)[C@H](Cc2ccnc(N)c2)[C@H]1C(=O)N(C)c1ccn(CCC[C@@H](NC(=O)N2C(=O)[C@H](Cc3ccnc(N)c3)[C@H]2C(=O)N(C)c2ccn(C)n2)c2cccc(F)c2F)n1)c1cccc(C)c1C. The predicted octanol–water partition coefficient (Wildman–Crippen LogP) is 5.32. The molecule has 2 aromatic carbocycles. The summed E-state index contributed by atoms with van der Waals surface area (Å²) >= 11 is 0. The third-order valence-electron chi connectivity index (χ3n) is 13.9. The second kappa shape index (κ2) is 21.7. The van der Waals surface area contributed by atoms with E-state index in [0.717, 1.165) is 32.6 Å². The van der Waals surface area contributed by atoms with Crippen molar-refractivity contribution >= 4 is 59.0 Å². The molecule has 2 aliphatic heterocycles. The number of β-lactam (4-membered cyclic amide) rings is 2. The van der Waals surface area contributed by atoms with Crippen LogP contribution in [0.5, 0.6) is 0 Å². The minimum atomic E-state index is -1.30. The zero-order valence-electron chi connectivity index (χ0n) is 41.8. The van der Waals surface area contributed by atoms with Gasteiger partial charge in [-0.3, -0.25) is 48.1 Å². The molecule has 0 bridgehead atoms. The number of carbonyl (C=O) groups is 6. The number of carbonyl (C=O) groups excluding carboxylic acids is 6. The molecule has 0 saturated carbocycles. The lowest BCUT2D eigenvalue weighted by Gasteiger charge is -2.45. The van der Waals surface area contributed by atoms with E-state index in [2.05, 4.69) is 30.8 Å². The molecule has 2 fully saturated rings. The number of aryl methyl sites for hydroxylation is 3. The topological polar surface area (TPSA) is 253 Å². The van der Waals surface area contributed by atoms with Crippen LogP contribution in [0, 0.1) is 37.3 Å². The number of hydrogen-bond acceptors (Lipinski definition) is 12. The zero-order chi connectivity index (χ0) is 53.1. The number of likely N-dealkylation sites (tertiary alicyclic amines) is 2. The summed E-state index contributed by atoms with van der Waals surface area (Å²) in [5.41, 5.74) is 15.9. The molecule has 20 nitrogen and oxygen atoms in total. The van der Waals surface area contributed by atoms with E-state index in [1.54, 1.807) is 55.8 Å². The Balaban J connectivity index is 0.982. The maximum absolute atomic E-state index is 15.6. The molecular formula is C52H58F2N14O6. The van der Waals surface area contributed by atoms with Gasteiger partial charge in [-0.05, 0) is 104 Å². The van der Waals surface area contributed by atoms with Gasteiger partial charge in [0, 0.05) is 70.2 Å². The van der Waals surface area contributed by atoms with E-state index in [9.17, 15) is 33.2 Å². The number of likely N-dealkylation sites (N-methyl/N-ethyl adjacent to an activating group) is 2. The van der Waals surface area contributed by atoms with Gasteiger partial charge in [0.05, 0.1) is 23.9 Å². The summed E-state index contributed by atoms with van der Waals surface area (Å²) < 4.78 is 33.4. The number of hydrogen-bond donors (Lipinski definition) is 4. The highest BCUT2D eigenvalue weighted by Crippen LogP contribution is 2.36. The third kappa shape index (κ3) is 10.5.